The third-order valence-corrected chi connectivity index (χ3v) is 5.51. The zero-order valence-electron chi connectivity index (χ0n) is 13.6. The highest BCUT2D eigenvalue weighted by Gasteiger charge is 2.28. The van der Waals surface area contributed by atoms with Crippen molar-refractivity contribution in [3.05, 3.63) is 35.4 Å². The summed E-state index contributed by atoms with van der Waals surface area (Å²) >= 11 is 0. The van der Waals surface area contributed by atoms with E-state index in [1.54, 1.807) is 6.92 Å². The number of nitrogens with zero attached hydrogens (tertiary/aromatic N) is 1. The zero-order chi connectivity index (χ0) is 16.3. The van der Waals surface area contributed by atoms with E-state index in [1.807, 2.05) is 11.0 Å². The van der Waals surface area contributed by atoms with Gasteiger partial charge in [-0.15, -0.1) is 0 Å². The number of hydrogen-bond acceptors (Lipinski definition) is 3. The van der Waals surface area contributed by atoms with Crippen LogP contribution in [0.3, 0.4) is 0 Å². The fourth-order valence-corrected chi connectivity index (χ4v) is 4.34. The van der Waals surface area contributed by atoms with Crippen LogP contribution in [0.5, 0.6) is 0 Å². The van der Waals surface area contributed by atoms with Crippen LogP contribution >= 0.6 is 0 Å². The second-order valence-corrected chi connectivity index (χ2v) is 8.63. The van der Waals surface area contributed by atoms with Crippen LogP contribution in [0.1, 0.15) is 36.8 Å². The Morgan fingerprint density at radius 3 is 2.41 bits per heavy atom. The van der Waals surface area contributed by atoms with Gasteiger partial charge in [-0.1, -0.05) is 31.2 Å². The minimum absolute atomic E-state index is 0.0336. The largest absolute Gasteiger partial charge is 0.342 e. The van der Waals surface area contributed by atoms with E-state index in [0.29, 0.717) is 19.0 Å². The summed E-state index contributed by atoms with van der Waals surface area (Å²) in [5, 5.41) is 0. The first-order chi connectivity index (χ1) is 10.3. The Hall–Kier alpha value is -1.36. The van der Waals surface area contributed by atoms with Gasteiger partial charge in [-0.2, -0.15) is 0 Å². The third kappa shape index (κ3) is 4.32. The van der Waals surface area contributed by atoms with Crippen LogP contribution in [0.25, 0.3) is 0 Å². The van der Waals surface area contributed by atoms with E-state index in [9.17, 15) is 13.2 Å². The molecule has 0 unspecified atom stereocenters. The maximum Gasteiger partial charge on any atom is 0.226 e. The maximum atomic E-state index is 12.3. The Balaban J connectivity index is 1.95. The van der Waals surface area contributed by atoms with Crippen molar-refractivity contribution >= 4 is 15.7 Å². The molecule has 2 rings (SSSR count). The van der Waals surface area contributed by atoms with Gasteiger partial charge in [-0.25, -0.2) is 8.42 Å². The summed E-state index contributed by atoms with van der Waals surface area (Å²) in [6.07, 6.45) is 3.07. The SMILES string of the molecule is Cc1ccccc1C1CCN(C(=O)[C@@H](C)CS(C)(=O)=O)CC1. The van der Waals surface area contributed by atoms with Crippen molar-refractivity contribution in [2.45, 2.75) is 32.6 Å². The normalized spacial score (nSPS) is 18.2. The first-order valence-electron chi connectivity index (χ1n) is 7.80. The predicted octanol–water partition coefficient (Wildman–Crippen LogP) is 2.38. The fraction of sp³-hybridized carbons (Fsp3) is 0.588. The van der Waals surface area contributed by atoms with E-state index in [2.05, 4.69) is 25.1 Å². The van der Waals surface area contributed by atoms with Crippen LogP contribution in [-0.4, -0.2) is 44.3 Å². The number of rotatable bonds is 4. The summed E-state index contributed by atoms with van der Waals surface area (Å²) in [7, 11) is -3.11. The third-order valence-electron chi connectivity index (χ3n) is 4.41. The van der Waals surface area contributed by atoms with Crippen molar-refractivity contribution in [2.24, 2.45) is 5.92 Å². The quantitative estimate of drug-likeness (QED) is 0.855. The number of aryl methyl sites for hydroxylation is 1. The molecule has 122 valence electrons. The Morgan fingerprint density at radius 2 is 1.86 bits per heavy atom. The molecule has 0 N–H and O–H groups in total. The molecule has 0 saturated carbocycles. The topological polar surface area (TPSA) is 54.5 Å². The molecule has 0 spiro atoms. The molecule has 1 fully saturated rings. The number of carbonyl (C=O) groups is 1. The van der Waals surface area contributed by atoms with E-state index < -0.39 is 15.8 Å². The van der Waals surface area contributed by atoms with Crippen LogP contribution in [0.2, 0.25) is 0 Å². The lowest BCUT2D eigenvalue weighted by Gasteiger charge is -2.34. The average molecular weight is 323 g/mol. The number of piperidine rings is 1. The van der Waals surface area contributed by atoms with E-state index >= 15 is 0 Å². The van der Waals surface area contributed by atoms with Gasteiger partial charge in [0.1, 0.15) is 9.84 Å². The minimum Gasteiger partial charge on any atom is -0.342 e. The van der Waals surface area contributed by atoms with Crippen LogP contribution in [0.15, 0.2) is 24.3 Å². The molecule has 5 heteroatoms. The van der Waals surface area contributed by atoms with Crippen molar-refractivity contribution in [1.29, 1.82) is 0 Å². The number of amides is 1. The second-order valence-electron chi connectivity index (χ2n) is 6.45. The predicted molar refractivity (Wildman–Crippen MR) is 88.6 cm³/mol. The van der Waals surface area contributed by atoms with E-state index in [4.69, 9.17) is 0 Å². The van der Waals surface area contributed by atoms with Gasteiger partial charge in [0.05, 0.1) is 5.75 Å². The lowest BCUT2D eigenvalue weighted by Crippen LogP contribution is -2.42. The van der Waals surface area contributed by atoms with Gasteiger partial charge >= 0.3 is 0 Å². The Kier molecular flexibility index (Phi) is 5.27. The molecular formula is C17H25NO3S. The molecule has 1 aliphatic rings. The summed E-state index contributed by atoms with van der Waals surface area (Å²) in [6.45, 7) is 5.26. The van der Waals surface area contributed by atoms with Gasteiger partial charge in [-0.05, 0) is 36.8 Å². The highest BCUT2D eigenvalue weighted by Crippen LogP contribution is 2.30. The Morgan fingerprint density at radius 1 is 1.27 bits per heavy atom. The van der Waals surface area contributed by atoms with Gasteiger partial charge in [0.25, 0.3) is 0 Å². The van der Waals surface area contributed by atoms with Gasteiger partial charge in [-0.3, -0.25) is 4.79 Å². The van der Waals surface area contributed by atoms with Gasteiger partial charge in [0, 0.05) is 25.3 Å². The summed E-state index contributed by atoms with van der Waals surface area (Å²) in [6, 6.07) is 8.41. The van der Waals surface area contributed by atoms with Crippen molar-refractivity contribution in [2.75, 3.05) is 25.1 Å². The molecule has 0 aromatic heterocycles. The molecule has 1 heterocycles. The number of hydrogen-bond donors (Lipinski definition) is 0. The monoisotopic (exact) mass is 323 g/mol. The van der Waals surface area contributed by atoms with Crippen LogP contribution < -0.4 is 0 Å². The molecule has 22 heavy (non-hydrogen) atoms. The molecule has 1 aromatic rings. The molecule has 1 atom stereocenters. The van der Waals surface area contributed by atoms with Crippen molar-refractivity contribution < 1.29 is 13.2 Å². The Bertz CT molecular complexity index is 631. The molecule has 1 aliphatic heterocycles. The fourth-order valence-electron chi connectivity index (χ4n) is 3.29. The number of likely N-dealkylation sites (tertiary alicyclic amines) is 1. The minimum atomic E-state index is -3.11. The first-order valence-corrected chi connectivity index (χ1v) is 9.86. The highest BCUT2D eigenvalue weighted by molar-refractivity contribution is 7.90. The molecule has 0 aliphatic carbocycles. The highest BCUT2D eigenvalue weighted by atomic mass is 32.2. The van der Waals surface area contributed by atoms with Crippen molar-refractivity contribution in [3.63, 3.8) is 0 Å². The van der Waals surface area contributed by atoms with E-state index in [1.165, 1.54) is 17.4 Å². The molecule has 0 bridgehead atoms. The zero-order valence-corrected chi connectivity index (χ0v) is 14.4. The lowest BCUT2D eigenvalue weighted by molar-refractivity contribution is -0.135. The van der Waals surface area contributed by atoms with Crippen LogP contribution in [0.4, 0.5) is 0 Å². The summed E-state index contributed by atoms with van der Waals surface area (Å²) in [5.74, 6) is -0.0575. The molecule has 1 amide bonds. The summed E-state index contributed by atoms with van der Waals surface area (Å²) in [4.78, 5) is 14.2. The van der Waals surface area contributed by atoms with Crippen LogP contribution in [-0.2, 0) is 14.6 Å². The maximum absolute atomic E-state index is 12.3. The second kappa shape index (κ2) is 6.82. The van der Waals surface area contributed by atoms with Crippen molar-refractivity contribution in [1.82, 2.24) is 4.90 Å². The smallest absolute Gasteiger partial charge is 0.226 e. The Labute approximate surface area is 133 Å². The molecular weight excluding hydrogens is 298 g/mol. The molecule has 1 saturated heterocycles. The van der Waals surface area contributed by atoms with E-state index in [-0.39, 0.29) is 11.7 Å². The summed E-state index contributed by atoms with van der Waals surface area (Å²) in [5.41, 5.74) is 2.68. The van der Waals surface area contributed by atoms with Gasteiger partial charge in [0.2, 0.25) is 5.91 Å². The lowest BCUT2D eigenvalue weighted by atomic mass is 9.86. The number of benzene rings is 1. The summed E-state index contributed by atoms with van der Waals surface area (Å²) < 4.78 is 22.7. The standard InChI is InChI=1S/C17H25NO3S/c1-13-6-4-5-7-16(13)15-8-10-18(11-9-15)17(19)14(2)12-22(3,20)21/h4-7,14-15H,8-12H2,1-3H3/t14-/m0/s1. The molecule has 0 radical (unpaired) electrons. The molecule has 4 nitrogen and oxygen atoms in total. The first kappa shape index (κ1) is 17.0. The molecule has 1 aromatic carbocycles. The van der Waals surface area contributed by atoms with Gasteiger partial charge in [0.15, 0.2) is 0 Å². The average Bonchev–Trinajstić information content (AvgIpc) is 2.45. The van der Waals surface area contributed by atoms with Gasteiger partial charge < -0.3 is 4.90 Å². The van der Waals surface area contributed by atoms with E-state index in [0.717, 1.165) is 12.8 Å². The number of carbonyl (C=O) groups excluding carboxylic acids is 1. The van der Waals surface area contributed by atoms with Crippen molar-refractivity contribution in [3.8, 4) is 0 Å². The number of sulfone groups is 1. The van der Waals surface area contributed by atoms with Crippen LogP contribution in [0, 0.1) is 12.8 Å².